The van der Waals surface area contributed by atoms with Crippen LogP contribution in [0.15, 0.2) is 18.2 Å². The van der Waals surface area contributed by atoms with Crippen LogP contribution in [-0.2, 0) is 4.79 Å². The number of fused-ring (bicyclic) bond motifs is 3. The van der Waals surface area contributed by atoms with Crippen molar-refractivity contribution < 1.29 is 4.79 Å². The highest BCUT2D eigenvalue weighted by atomic mass is 16.2. The van der Waals surface area contributed by atoms with Gasteiger partial charge in [0.25, 0.3) is 0 Å². The minimum atomic E-state index is -0.470. The summed E-state index contributed by atoms with van der Waals surface area (Å²) in [7, 11) is 0. The Morgan fingerprint density at radius 1 is 1.32 bits per heavy atom. The van der Waals surface area contributed by atoms with Crippen molar-refractivity contribution in [2.45, 2.75) is 57.7 Å². The number of benzene rings is 1. The van der Waals surface area contributed by atoms with Gasteiger partial charge in [0.05, 0.1) is 11.4 Å². The molecule has 118 valence electrons. The van der Waals surface area contributed by atoms with Crippen molar-refractivity contribution >= 4 is 17.3 Å². The standard InChI is InChI=1S/C18H25N3O/c1-11(2)20-9-8-15-13(10-20)12-6-5-7-14-16(12)21(15)18(3,4)17(22)19-14/h5-7,11,13,15H,8-10H2,1-4H3,(H,19,22)/t13-,15-/m0/s1. The Morgan fingerprint density at radius 3 is 2.82 bits per heavy atom. The molecule has 3 aliphatic heterocycles. The predicted molar refractivity (Wildman–Crippen MR) is 89.5 cm³/mol. The average molecular weight is 299 g/mol. The van der Waals surface area contributed by atoms with Crippen LogP contribution < -0.4 is 10.2 Å². The fraction of sp³-hybridized carbons (Fsp3) is 0.611. The Labute approximate surface area is 132 Å². The van der Waals surface area contributed by atoms with Gasteiger partial charge in [0.1, 0.15) is 5.54 Å². The second kappa shape index (κ2) is 4.48. The summed E-state index contributed by atoms with van der Waals surface area (Å²) in [5, 5.41) is 3.11. The fourth-order valence-corrected chi connectivity index (χ4v) is 4.52. The molecule has 4 nitrogen and oxygen atoms in total. The van der Waals surface area contributed by atoms with Crippen LogP contribution >= 0.6 is 0 Å². The van der Waals surface area contributed by atoms with Crippen LogP contribution in [0.5, 0.6) is 0 Å². The van der Waals surface area contributed by atoms with Crippen LogP contribution in [0.25, 0.3) is 0 Å². The molecule has 0 spiro atoms. The minimum absolute atomic E-state index is 0.115. The van der Waals surface area contributed by atoms with E-state index in [2.05, 4.69) is 54.9 Å². The molecule has 1 saturated heterocycles. The van der Waals surface area contributed by atoms with E-state index in [1.807, 2.05) is 6.07 Å². The van der Waals surface area contributed by atoms with Crippen LogP contribution in [0.3, 0.4) is 0 Å². The monoisotopic (exact) mass is 299 g/mol. The van der Waals surface area contributed by atoms with E-state index in [9.17, 15) is 4.79 Å². The summed E-state index contributed by atoms with van der Waals surface area (Å²) >= 11 is 0. The van der Waals surface area contributed by atoms with E-state index in [0.717, 1.165) is 25.2 Å². The molecule has 0 aromatic heterocycles. The molecule has 1 fully saturated rings. The van der Waals surface area contributed by atoms with E-state index in [1.54, 1.807) is 0 Å². The van der Waals surface area contributed by atoms with Gasteiger partial charge in [-0.2, -0.15) is 0 Å². The highest BCUT2D eigenvalue weighted by molar-refractivity contribution is 6.07. The largest absolute Gasteiger partial charge is 0.352 e. The molecule has 0 bridgehead atoms. The molecule has 1 N–H and O–H groups in total. The van der Waals surface area contributed by atoms with Crippen LogP contribution in [0.4, 0.5) is 11.4 Å². The van der Waals surface area contributed by atoms with E-state index < -0.39 is 5.54 Å². The van der Waals surface area contributed by atoms with Crippen LogP contribution in [0.2, 0.25) is 0 Å². The molecule has 4 rings (SSSR count). The summed E-state index contributed by atoms with van der Waals surface area (Å²) in [6, 6.07) is 7.42. The van der Waals surface area contributed by atoms with Gasteiger partial charge in [-0.15, -0.1) is 0 Å². The SMILES string of the molecule is CC(C)N1CC[C@H]2[C@@H](C1)c1cccc3c1N2C(C)(C)C(=O)N3. The summed E-state index contributed by atoms with van der Waals surface area (Å²) in [5.74, 6) is 0.627. The third kappa shape index (κ3) is 1.70. The molecule has 3 heterocycles. The number of anilines is 2. The second-order valence-corrected chi connectivity index (χ2v) is 7.68. The van der Waals surface area contributed by atoms with Gasteiger partial charge >= 0.3 is 0 Å². The maximum absolute atomic E-state index is 12.6. The molecule has 22 heavy (non-hydrogen) atoms. The van der Waals surface area contributed by atoms with Gasteiger partial charge in [-0.05, 0) is 45.7 Å². The number of hydrogen-bond donors (Lipinski definition) is 1. The minimum Gasteiger partial charge on any atom is -0.352 e. The van der Waals surface area contributed by atoms with Gasteiger partial charge in [0.2, 0.25) is 5.91 Å². The van der Waals surface area contributed by atoms with Crippen molar-refractivity contribution in [3.63, 3.8) is 0 Å². The summed E-state index contributed by atoms with van der Waals surface area (Å²) in [5.41, 5.74) is 3.21. The van der Waals surface area contributed by atoms with E-state index in [1.165, 1.54) is 11.3 Å². The number of hydrogen-bond acceptors (Lipinski definition) is 3. The number of piperidine rings is 1. The molecule has 1 aromatic rings. The molecular formula is C18H25N3O. The highest BCUT2D eigenvalue weighted by Crippen LogP contribution is 2.53. The summed E-state index contributed by atoms with van der Waals surface area (Å²) < 4.78 is 0. The van der Waals surface area contributed by atoms with E-state index in [0.29, 0.717) is 18.0 Å². The second-order valence-electron chi connectivity index (χ2n) is 7.68. The molecule has 0 radical (unpaired) electrons. The van der Waals surface area contributed by atoms with Crippen molar-refractivity contribution in [2.24, 2.45) is 0 Å². The normalized spacial score (nSPS) is 29.3. The molecule has 0 unspecified atom stereocenters. The quantitative estimate of drug-likeness (QED) is 0.866. The van der Waals surface area contributed by atoms with Crippen molar-refractivity contribution in [1.29, 1.82) is 0 Å². The van der Waals surface area contributed by atoms with Gasteiger partial charge < -0.3 is 15.1 Å². The van der Waals surface area contributed by atoms with Gasteiger partial charge in [0.15, 0.2) is 0 Å². The van der Waals surface area contributed by atoms with Crippen molar-refractivity contribution in [3.05, 3.63) is 23.8 Å². The number of carbonyl (C=O) groups is 1. The third-order valence-corrected chi connectivity index (χ3v) is 5.78. The molecule has 0 aliphatic carbocycles. The van der Waals surface area contributed by atoms with Crippen LogP contribution in [-0.4, -0.2) is 41.5 Å². The van der Waals surface area contributed by atoms with Gasteiger partial charge in [-0.1, -0.05) is 12.1 Å². The van der Waals surface area contributed by atoms with Gasteiger partial charge in [-0.25, -0.2) is 0 Å². The van der Waals surface area contributed by atoms with Crippen molar-refractivity contribution in [3.8, 4) is 0 Å². The molecule has 4 heteroatoms. The van der Waals surface area contributed by atoms with Crippen LogP contribution in [0.1, 0.15) is 45.6 Å². The number of carbonyl (C=O) groups excluding carboxylic acids is 1. The molecule has 1 amide bonds. The third-order valence-electron chi connectivity index (χ3n) is 5.78. The fourth-order valence-electron chi connectivity index (χ4n) is 4.52. The lowest BCUT2D eigenvalue weighted by Gasteiger charge is -2.48. The molecule has 2 atom stereocenters. The lowest BCUT2D eigenvalue weighted by atomic mass is 9.87. The molecule has 0 saturated carbocycles. The van der Waals surface area contributed by atoms with Gasteiger partial charge in [0, 0.05) is 31.1 Å². The van der Waals surface area contributed by atoms with Gasteiger partial charge in [-0.3, -0.25) is 4.79 Å². The number of para-hydroxylation sites is 1. The first kappa shape index (κ1) is 14.1. The Morgan fingerprint density at radius 2 is 2.09 bits per heavy atom. The first-order valence-corrected chi connectivity index (χ1v) is 8.39. The Kier molecular flexibility index (Phi) is 2.86. The molecule has 3 aliphatic rings. The van der Waals surface area contributed by atoms with E-state index in [4.69, 9.17) is 0 Å². The summed E-state index contributed by atoms with van der Waals surface area (Å²) in [6.45, 7) is 10.9. The maximum atomic E-state index is 12.6. The Balaban J connectivity index is 1.83. The van der Waals surface area contributed by atoms with E-state index in [-0.39, 0.29) is 5.91 Å². The molecular weight excluding hydrogens is 274 g/mol. The lowest BCUT2D eigenvalue weighted by Crippen LogP contribution is -2.60. The smallest absolute Gasteiger partial charge is 0.249 e. The maximum Gasteiger partial charge on any atom is 0.249 e. The first-order valence-electron chi connectivity index (χ1n) is 8.39. The topological polar surface area (TPSA) is 35.6 Å². The Bertz CT molecular complexity index is 637. The number of nitrogens with one attached hydrogen (secondary N) is 1. The number of nitrogens with zero attached hydrogens (tertiary/aromatic N) is 2. The number of likely N-dealkylation sites (tertiary alicyclic amines) is 1. The lowest BCUT2D eigenvalue weighted by molar-refractivity contribution is -0.120. The van der Waals surface area contributed by atoms with Crippen LogP contribution in [0, 0.1) is 0 Å². The summed E-state index contributed by atoms with van der Waals surface area (Å²) in [4.78, 5) is 17.5. The average Bonchev–Trinajstić information content (AvgIpc) is 2.81. The summed E-state index contributed by atoms with van der Waals surface area (Å²) in [6.07, 6.45) is 1.13. The zero-order valence-corrected chi connectivity index (χ0v) is 13.9. The molecule has 1 aromatic carbocycles. The Hall–Kier alpha value is -1.55. The zero-order chi connectivity index (χ0) is 15.6. The zero-order valence-electron chi connectivity index (χ0n) is 13.9. The first-order chi connectivity index (χ1) is 10.4. The van der Waals surface area contributed by atoms with E-state index >= 15 is 0 Å². The van der Waals surface area contributed by atoms with Crippen molar-refractivity contribution in [1.82, 2.24) is 4.90 Å². The predicted octanol–water partition coefficient (Wildman–Crippen LogP) is 2.80. The van der Waals surface area contributed by atoms with Crippen molar-refractivity contribution in [2.75, 3.05) is 23.3 Å². The number of rotatable bonds is 1. The number of amides is 1. The highest BCUT2D eigenvalue weighted by Gasteiger charge is 2.52.